The van der Waals surface area contributed by atoms with Gasteiger partial charge >= 0.3 is 6.18 Å². The van der Waals surface area contributed by atoms with Crippen molar-refractivity contribution in [3.63, 3.8) is 0 Å². The zero-order valence-corrected chi connectivity index (χ0v) is 16.9. The topological polar surface area (TPSA) is 75.3 Å². The van der Waals surface area contributed by atoms with Crippen molar-refractivity contribution < 1.29 is 23.1 Å². The number of anilines is 1. The van der Waals surface area contributed by atoms with Crippen LogP contribution in [0.4, 0.5) is 18.9 Å². The van der Waals surface area contributed by atoms with Gasteiger partial charge in [0.15, 0.2) is 0 Å². The molecule has 31 heavy (non-hydrogen) atoms. The standard InChI is InChI=1S/C24H23F3N2O2/c1-23(28,15-30)22(31)29-20-12-11-19(21(14-20)24(25,26)27)13-16-7-9-18(10-8-16)17-5-3-2-4-6-17/h2-12,14,30H,13,15,28H2,1H3,(H,29,31)/t23-/m0/s1. The van der Waals surface area contributed by atoms with Crippen LogP contribution in [0.25, 0.3) is 11.1 Å². The molecule has 0 heterocycles. The van der Waals surface area contributed by atoms with Crippen molar-refractivity contribution in [1.82, 2.24) is 0 Å². The van der Waals surface area contributed by atoms with Crippen molar-refractivity contribution >= 4 is 11.6 Å². The largest absolute Gasteiger partial charge is 0.416 e. The maximum absolute atomic E-state index is 13.7. The van der Waals surface area contributed by atoms with Gasteiger partial charge in [-0.1, -0.05) is 60.7 Å². The third-order valence-corrected chi connectivity index (χ3v) is 4.98. The van der Waals surface area contributed by atoms with Crippen LogP contribution in [-0.2, 0) is 17.4 Å². The Balaban J connectivity index is 1.85. The number of amides is 1. The van der Waals surface area contributed by atoms with Crippen LogP contribution >= 0.6 is 0 Å². The van der Waals surface area contributed by atoms with Crippen LogP contribution in [-0.4, -0.2) is 23.2 Å². The number of nitrogens with one attached hydrogen (secondary N) is 1. The SMILES string of the molecule is C[C@](N)(CO)C(=O)Nc1ccc(Cc2ccc(-c3ccccc3)cc2)c(C(F)(F)F)c1. The van der Waals surface area contributed by atoms with Crippen LogP contribution in [0.2, 0.25) is 0 Å². The van der Waals surface area contributed by atoms with Crippen LogP contribution in [0.15, 0.2) is 72.8 Å². The molecular weight excluding hydrogens is 405 g/mol. The highest BCUT2D eigenvalue weighted by Gasteiger charge is 2.34. The molecule has 4 N–H and O–H groups in total. The van der Waals surface area contributed by atoms with Crippen molar-refractivity contribution in [2.24, 2.45) is 5.73 Å². The molecule has 1 amide bonds. The van der Waals surface area contributed by atoms with Crippen LogP contribution in [0, 0.1) is 0 Å². The number of rotatable bonds is 6. The third-order valence-electron chi connectivity index (χ3n) is 4.98. The number of aliphatic hydroxyl groups is 1. The molecule has 0 unspecified atom stereocenters. The van der Waals surface area contributed by atoms with E-state index in [-0.39, 0.29) is 17.7 Å². The summed E-state index contributed by atoms with van der Waals surface area (Å²) in [4.78, 5) is 12.1. The van der Waals surface area contributed by atoms with Gasteiger partial charge in [-0.25, -0.2) is 0 Å². The van der Waals surface area contributed by atoms with E-state index in [1.165, 1.54) is 19.1 Å². The van der Waals surface area contributed by atoms with E-state index in [0.717, 1.165) is 22.8 Å². The van der Waals surface area contributed by atoms with E-state index in [1.807, 2.05) is 42.5 Å². The van der Waals surface area contributed by atoms with Crippen molar-refractivity contribution in [1.29, 1.82) is 0 Å². The first-order valence-electron chi connectivity index (χ1n) is 9.66. The van der Waals surface area contributed by atoms with Crippen LogP contribution in [0.1, 0.15) is 23.6 Å². The third kappa shape index (κ3) is 5.51. The molecule has 0 bridgehead atoms. The second-order valence-corrected chi connectivity index (χ2v) is 7.64. The van der Waals surface area contributed by atoms with Crippen LogP contribution < -0.4 is 11.1 Å². The van der Waals surface area contributed by atoms with E-state index in [0.29, 0.717) is 0 Å². The molecular formula is C24H23F3N2O2. The van der Waals surface area contributed by atoms with Gasteiger partial charge in [0.1, 0.15) is 5.54 Å². The molecule has 0 saturated carbocycles. The average Bonchev–Trinajstić information content (AvgIpc) is 2.75. The molecule has 3 rings (SSSR count). The number of hydrogen-bond acceptors (Lipinski definition) is 3. The van der Waals surface area contributed by atoms with Gasteiger partial charge < -0.3 is 16.2 Å². The smallest absolute Gasteiger partial charge is 0.394 e. The number of nitrogens with two attached hydrogens (primary N) is 1. The lowest BCUT2D eigenvalue weighted by Gasteiger charge is -2.21. The molecule has 4 nitrogen and oxygen atoms in total. The number of hydrogen-bond donors (Lipinski definition) is 3. The van der Waals surface area contributed by atoms with Crippen LogP contribution in [0.5, 0.6) is 0 Å². The van der Waals surface area contributed by atoms with Gasteiger partial charge in [0.05, 0.1) is 12.2 Å². The lowest BCUT2D eigenvalue weighted by atomic mass is 9.96. The van der Waals surface area contributed by atoms with Crippen molar-refractivity contribution in [3.05, 3.63) is 89.5 Å². The van der Waals surface area contributed by atoms with E-state index in [9.17, 15) is 18.0 Å². The summed E-state index contributed by atoms with van der Waals surface area (Å²) < 4.78 is 41.0. The Kier molecular flexibility index (Phi) is 6.48. The van der Waals surface area contributed by atoms with Gasteiger partial charge in [-0.2, -0.15) is 13.2 Å². The summed E-state index contributed by atoms with van der Waals surface area (Å²) >= 11 is 0. The number of carbonyl (C=O) groups excluding carboxylic acids is 1. The predicted molar refractivity (Wildman–Crippen MR) is 114 cm³/mol. The van der Waals surface area contributed by atoms with Gasteiger partial charge in [0.25, 0.3) is 0 Å². The number of alkyl halides is 3. The Morgan fingerprint density at radius 2 is 1.58 bits per heavy atom. The van der Waals surface area contributed by atoms with Gasteiger partial charge in [-0.05, 0) is 47.7 Å². The Morgan fingerprint density at radius 1 is 0.968 bits per heavy atom. The number of aliphatic hydroxyl groups excluding tert-OH is 1. The van der Waals surface area contributed by atoms with E-state index in [4.69, 9.17) is 10.8 Å². The Hall–Kier alpha value is -3.16. The maximum atomic E-state index is 13.7. The average molecular weight is 428 g/mol. The first-order chi connectivity index (χ1) is 14.6. The molecule has 0 aromatic heterocycles. The zero-order valence-electron chi connectivity index (χ0n) is 16.9. The molecule has 1 atom stereocenters. The predicted octanol–water partition coefficient (Wildman–Crippen LogP) is 4.61. The molecule has 0 radical (unpaired) electrons. The number of benzene rings is 3. The first kappa shape index (κ1) is 22.5. The first-order valence-corrected chi connectivity index (χ1v) is 9.66. The van der Waals surface area contributed by atoms with E-state index < -0.39 is 29.8 Å². The lowest BCUT2D eigenvalue weighted by Crippen LogP contribution is -2.51. The zero-order chi connectivity index (χ0) is 22.6. The molecule has 3 aromatic rings. The summed E-state index contributed by atoms with van der Waals surface area (Å²) in [5.41, 5.74) is 6.00. The van der Waals surface area contributed by atoms with Gasteiger partial charge in [0, 0.05) is 5.69 Å². The number of carbonyl (C=O) groups is 1. The molecule has 0 saturated heterocycles. The fourth-order valence-corrected chi connectivity index (χ4v) is 3.08. The minimum Gasteiger partial charge on any atom is -0.394 e. The van der Waals surface area contributed by atoms with Gasteiger partial charge in [0.2, 0.25) is 5.91 Å². The van der Waals surface area contributed by atoms with Crippen molar-refractivity contribution in [2.75, 3.05) is 11.9 Å². The Morgan fingerprint density at radius 3 is 2.16 bits per heavy atom. The summed E-state index contributed by atoms with van der Waals surface area (Å²) in [6.45, 7) is 0.655. The Labute approximate surface area is 178 Å². The monoisotopic (exact) mass is 428 g/mol. The molecule has 0 aliphatic rings. The summed E-state index contributed by atoms with van der Waals surface area (Å²) in [5, 5.41) is 11.5. The fraction of sp³-hybridized carbons (Fsp3) is 0.208. The van der Waals surface area contributed by atoms with Gasteiger partial charge in [-0.15, -0.1) is 0 Å². The molecule has 0 aliphatic carbocycles. The molecule has 0 aliphatic heterocycles. The van der Waals surface area contributed by atoms with E-state index >= 15 is 0 Å². The van der Waals surface area contributed by atoms with Crippen LogP contribution in [0.3, 0.4) is 0 Å². The lowest BCUT2D eigenvalue weighted by molar-refractivity contribution is -0.138. The fourth-order valence-electron chi connectivity index (χ4n) is 3.08. The Bertz CT molecular complexity index is 1050. The quantitative estimate of drug-likeness (QED) is 0.537. The molecule has 0 spiro atoms. The van der Waals surface area contributed by atoms with E-state index in [1.54, 1.807) is 12.1 Å². The molecule has 7 heteroatoms. The van der Waals surface area contributed by atoms with E-state index in [2.05, 4.69) is 5.32 Å². The second kappa shape index (κ2) is 8.91. The summed E-state index contributed by atoms with van der Waals surface area (Å²) in [5.74, 6) is -0.771. The minimum absolute atomic E-state index is 0.0365. The maximum Gasteiger partial charge on any atom is 0.416 e. The second-order valence-electron chi connectivity index (χ2n) is 7.64. The minimum atomic E-state index is -4.59. The summed E-state index contributed by atoms with van der Waals surface area (Å²) in [7, 11) is 0. The highest BCUT2D eigenvalue weighted by molar-refractivity contribution is 5.97. The normalized spacial score (nSPS) is 13.5. The summed E-state index contributed by atoms with van der Waals surface area (Å²) in [6.07, 6.45) is -4.51. The van der Waals surface area contributed by atoms with Crippen molar-refractivity contribution in [2.45, 2.75) is 25.1 Å². The molecule has 0 fully saturated rings. The van der Waals surface area contributed by atoms with Crippen molar-refractivity contribution in [3.8, 4) is 11.1 Å². The summed E-state index contributed by atoms with van der Waals surface area (Å²) in [6, 6.07) is 20.7. The highest BCUT2D eigenvalue weighted by Crippen LogP contribution is 2.35. The highest BCUT2D eigenvalue weighted by atomic mass is 19.4. The van der Waals surface area contributed by atoms with Gasteiger partial charge in [-0.3, -0.25) is 4.79 Å². The number of halogens is 3. The molecule has 3 aromatic carbocycles. The molecule has 162 valence electrons.